The van der Waals surface area contributed by atoms with Crippen molar-refractivity contribution in [2.75, 3.05) is 6.61 Å². The highest BCUT2D eigenvalue weighted by molar-refractivity contribution is 5.69. The first-order chi connectivity index (χ1) is 10.6. The van der Waals surface area contributed by atoms with E-state index >= 15 is 0 Å². The first-order valence-corrected chi connectivity index (χ1v) is 9.00. The van der Waals surface area contributed by atoms with E-state index in [1.54, 1.807) is 0 Å². The molecule has 0 radical (unpaired) electrons. The second-order valence-electron chi connectivity index (χ2n) is 6.42. The molecule has 0 atom stereocenters. The van der Waals surface area contributed by atoms with E-state index in [1.807, 2.05) is 6.08 Å². The molecular formula is C20H36O2. The molecule has 2 heteroatoms. The number of esters is 1. The summed E-state index contributed by atoms with van der Waals surface area (Å²) in [6.07, 6.45) is 15.6. The largest absolute Gasteiger partial charge is 0.461 e. The van der Waals surface area contributed by atoms with E-state index in [4.69, 9.17) is 4.74 Å². The predicted octanol–water partition coefficient (Wildman–Crippen LogP) is 6.36. The molecule has 0 saturated heterocycles. The molecule has 0 aromatic carbocycles. The molecule has 0 aromatic heterocycles. The fourth-order valence-corrected chi connectivity index (χ4v) is 2.27. The quantitative estimate of drug-likeness (QED) is 0.225. The Hall–Kier alpha value is -1.05. The van der Waals surface area contributed by atoms with Crippen LogP contribution in [0.4, 0.5) is 0 Å². The van der Waals surface area contributed by atoms with Crippen LogP contribution in [0, 0.1) is 0 Å². The van der Waals surface area contributed by atoms with Crippen LogP contribution in [0.2, 0.25) is 0 Å². The second kappa shape index (κ2) is 14.9. The molecule has 22 heavy (non-hydrogen) atoms. The molecule has 0 N–H and O–H groups in total. The molecule has 0 spiro atoms. The maximum absolute atomic E-state index is 11.6. The van der Waals surface area contributed by atoms with Crippen molar-refractivity contribution in [3.63, 3.8) is 0 Å². The summed E-state index contributed by atoms with van der Waals surface area (Å²) in [6, 6.07) is 0. The molecule has 0 saturated carbocycles. The Morgan fingerprint density at radius 3 is 2.14 bits per heavy atom. The molecule has 0 rings (SSSR count). The number of ether oxygens (including phenoxy) is 1. The van der Waals surface area contributed by atoms with E-state index in [9.17, 15) is 4.79 Å². The monoisotopic (exact) mass is 308 g/mol. The molecule has 0 bridgehead atoms. The van der Waals surface area contributed by atoms with Gasteiger partial charge in [-0.2, -0.15) is 0 Å². The zero-order valence-electron chi connectivity index (χ0n) is 15.2. The normalized spacial score (nSPS) is 11.4. The lowest BCUT2D eigenvalue weighted by molar-refractivity contribution is -0.142. The van der Waals surface area contributed by atoms with Crippen molar-refractivity contribution in [2.24, 2.45) is 0 Å². The maximum atomic E-state index is 11.6. The van der Waals surface area contributed by atoms with Crippen molar-refractivity contribution in [1.29, 1.82) is 0 Å². The standard InChI is InChI=1S/C20H36O2/c1-5-6-7-8-9-10-11-15-20(21)22-17-16-19(4)14-12-13-18(2)3/h13,16H,5-12,14-15,17H2,1-4H3/b19-16-. The minimum atomic E-state index is -0.0538. The van der Waals surface area contributed by atoms with Gasteiger partial charge in [0.2, 0.25) is 0 Å². The van der Waals surface area contributed by atoms with Crippen LogP contribution >= 0.6 is 0 Å². The van der Waals surface area contributed by atoms with E-state index in [-0.39, 0.29) is 5.97 Å². The van der Waals surface area contributed by atoms with Crippen LogP contribution < -0.4 is 0 Å². The fraction of sp³-hybridized carbons (Fsp3) is 0.750. The fourth-order valence-electron chi connectivity index (χ4n) is 2.27. The predicted molar refractivity (Wildman–Crippen MR) is 96.0 cm³/mol. The van der Waals surface area contributed by atoms with Gasteiger partial charge < -0.3 is 4.74 Å². The first kappa shape index (κ1) is 20.9. The maximum Gasteiger partial charge on any atom is 0.306 e. The van der Waals surface area contributed by atoms with Gasteiger partial charge in [0.15, 0.2) is 0 Å². The van der Waals surface area contributed by atoms with Crippen LogP contribution in [0.3, 0.4) is 0 Å². The highest BCUT2D eigenvalue weighted by Crippen LogP contribution is 2.09. The highest BCUT2D eigenvalue weighted by atomic mass is 16.5. The lowest BCUT2D eigenvalue weighted by Gasteiger charge is -2.04. The second-order valence-corrected chi connectivity index (χ2v) is 6.42. The smallest absolute Gasteiger partial charge is 0.306 e. The van der Waals surface area contributed by atoms with Crippen LogP contribution in [-0.2, 0) is 9.53 Å². The Morgan fingerprint density at radius 1 is 0.864 bits per heavy atom. The van der Waals surface area contributed by atoms with Crippen molar-refractivity contribution >= 4 is 5.97 Å². The molecule has 0 amide bonds. The molecule has 0 heterocycles. The minimum Gasteiger partial charge on any atom is -0.461 e. The summed E-state index contributed by atoms with van der Waals surface area (Å²) in [4.78, 5) is 11.6. The SMILES string of the molecule is CCCCCCCCCC(=O)OC/C=C(/C)CCC=C(C)C. The summed E-state index contributed by atoms with van der Waals surface area (Å²) in [5.41, 5.74) is 2.65. The third-order valence-corrected chi connectivity index (χ3v) is 3.75. The molecule has 0 aliphatic carbocycles. The van der Waals surface area contributed by atoms with Crippen LogP contribution in [0.25, 0.3) is 0 Å². The number of carbonyl (C=O) groups excluding carboxylic acids is 1. The molecule has 128 valence electrons. The van der Waals surface area contributed by atoms with Gasteiger partial charge in [0.05, 0.1) is 0 Å². The van der Waals surface area contributed by atoms with Crippen LogP contribution in [0.15, 0.2) is 23.3 Å². The summed E-state index contributed by atoms with van der Waals surface area (Å²) in [5.74, 6) is -0.0538. The van der Waals surface area contributed by atoms with Gasteiger partial charge in [-0.1, -0.05) is 62.7 Å². The summed E-state index contributed by atoms with van der Waals surface area (Å²) in [5, 5.41) is 0. The average molecular weight is 309 g/mol. The molecule has 0 aromatic rings. The van der Waals surface area contributed by atoms with Crippen LogP contribution in [0.5, 0.6) is 0 Å². The van der Waals surface area contributed by atoms with Gasteiger partial charge in [0.25, 0.3) is 0 Å². The van der Waals surface area contributed by atoms with Crippen molar-refractivity contribution in [3.8, 4) is 0 Å². The van der Waals surface area contributed by atoms with Gasteiger partial charge in [-0.25, -0.2) is 0 Å². The summed E-state index contributed by atoms with van der Waals surface area (Å²) in [6.45, 7) is 8.99. The number of allylic oxidation sites excluding steroid dienone is 3. The minimum absolute atomic E-state index is 0.0538. The number of rotatable bonds is 13. The third kappa shape index (κ3) is 15.3. The Balaban J connectivity index is 3.54. The van der Waals surface area contributed by atoms with E-state index in [0.717, 1.165) is 25.7 Å². The Labute approximate surface area is 138 Å². The van der Waals surface area contributed by atoms with Crippen molar-refractivity contribution < 1.29 is 9.53 Å². The Morgan fingerprint density at radius 2 is 1.50 bits per heavy atom. The number of carbonyl (C=O) groups is 1. The van der Waals surface area contributed by atoms with E-state index < -0.39 is 0 Å². The summed E-state index contributed by atoms with van der Waals surface area (Å²) in [7, 11) is 0. The van der Waals surface area contributed by atoms with Gasteiger partial charge in [-0.05, 0) is 46.1 Å². The zero-order valence-corrected chi connectivity index (χ0v) is 15.2. The van der Waals surface area contributed by atoms with Gasteiger partial charge >= 0.3 is 5.97 Å². The zero-order chi connectivity index (χ0) is 16.6. The number of unbranched alkanes of at least 4 members (excludes halogenated alkanes) is 6. The number of hydrogen-bond acceptors (Lipinski definition) is 2. The molecular weight excluding hydrogens is 272 g/mol. The van der Waals surface area contributed by atoms with E-state index in [2.05, 4.69) is 33.8 Å². The van der Waals surface area contributed by atoms with Crippen molar-refractivity contribution in [1.82, 2.24) is 0 Å². The Bertz CT molecular complexity index is 336. The average Bonchev–Trinajstić information content (AvgIpc) is 2.46. The Kier molecular flexibility index (Phi) is 14.2. The van der Waals surface area contributed by atoms with Gasteiger partial charge in [-0.15, -0.1) is 0 Å². The van der Waals surface area contributed by atoms with E-state index in [1.165, 1.54) is 43.3 Å². The molecule has 0 unspecified atom stereocenters. The molecule has 2 nitrogen and oxygen atoms in total. The lowest BCUT2D eigenvalue weighted by Crippen LogP contribution is -2.04. The van der Waals surface area contributed by atoms with Crippen LogP contribution in [-0.4, -0.2) is 12.6 Å². The van der Waals surface area contributed by atoms with Gasteiger partial charge in [0.1, 0.15) is 6.61 Å². The molecule has 0 aliphatic heterocycles. The topological polar surface area (TPSA) is 26.3 Å². The third-order valence-electron chi connectivity index (χ3n) is 3.75. The summed E-state index contributed by atoms with van der Waals surface area (Å²) >= 11 is 0. The number of hydrogen-bond donors (Lipinski definition) is 0. The van der Waals surface area contributed by atoms with Gasteiger partial charge in [-0.3, -0.25) is 4.79 Å². The molecule has 0 aliphatic rings. The van der Waals surface area contributed by atoms with Crippen molar-refractivity contribution in [3.05, 3.63) is 23.3 Å². The van der Waals surface area contributed by atoms with E-state index in [0.29, 0.717) is 13.0 Å². The van der Waals surface area contributed by atoms with Gasteiger partial charge in [0, 0.05) is 6.42 Å². The first-order valence-electron chi connectivity index (χ1n) is 9.00. The van der Waals surface area contributed by atoms with Crippen molar-refractivity contribution in [2.45, 2.75) is 91.9 Å². The lowest BCUT2D eigenvalue weighted by atomic mass is 10.1. The highest BCUT2D eigenvalue weighted by Gasteiger charge is 2.01. The van der Waals surface area contributed by atoms with Crippen LogP contribution in [0.1, 0.15) is 91.9 Å². The molecule has 0 fully saturated rings. The summed E-state index contributed by atoms with van der Waals surface area (Å²) < 4.78 is 5.25.